The highest BCUT2D eigenvalue weighted by molar-refractivity contribution is 5.89. The minimum absolute atomic E-state index is 0.0920. The number of hydrogen-bond donors (Lipinski definition) is 1. The first-order valence-electron chi connectivity index (χ1n) is 9.90. The van der Waals surface area contributed by atoms with E-state index in [-0.39, 0.29) is 12.1 Å². The number of benzene rings is 2. The van der Waals surface area contributed by atoms with E-state index in [4.69, 9.17) is 14.6 Å². The molecule has 2 aromatic carbocycles. The van der Waals surface area contributed by atoms with Crippen LogP contribution in [-0.4, -0.2) is 43.8 Å². The third-order valence-electron chi connectivity index (χ3n) is 3.93. The fourth-order valence-corrected chi connectivity index (χ4v) is 2.36. The second kappa shape index (κ2) is 16.5. The molecular weight excluding hydrogens is 368 g/mol. The molecule has 0 amide bonds. The van der Waals surface area contributed by atoms with Crippen LogP contribution in [0.1, 0.15) is 58.5 Å². The zero-order chi connectivity index (χ0) is 22.1. The summed E-state index contributed by atoms with van der Waals surface area (Å²) < 4.78 is 10.6. The summed E-state index contributed by atoms with van der Waals surface area (Å²) in [7, 11) is 1.00. The molecule has 0 aliphatic carbocycles. The van der Waals surface area contributed by atoms with Gasteiger partial charge in [0.25, 0.3) is 0 Å². The van der Waals surface area contributed by atoms with Gasteiger partial charge in [-0.25, -0.2) is 4.79 Å². The van der Waals surface area contributed by atoms with Crippen LogP contribution in [0.5, 0.6) is 0 Å². The summed E-state index contributed by atoms with van der Waals surface area (Å²) in [5.41, 5.74) is 3.65. The van der Waals surface area contributed by atoms with Crippen LogP contribution in [0.4, 0.5) is 0 Å². The lowest BCUT2D eigenvalue weighted by molar-refractivity contribution is 0.0161. The molecule has 0 bridgehead atoms. The number of aliphatic hydroxyl groups excluding tert-OH is 1. The minimum atomic E-state index is -0.268. The van der Waals surface area contributed by atoms with Crippen LogP contribution in [0.2, 0.25) is 0 Å². The number of hydrogen-bond acceptors (Lipinski definition) is 5. The molecule has 5 heteroatoms. The van der Waals surface area contributed by atoms with Crippen LogP contribution in [0.3, 0.4) is 0 Å². The summed E-state index contributed by atoms with van der Waals surface area (Å²) in [6.45, 7) is 9.13. The Labute approximate surface area is 174 Å². The number of esters is 1. The molecule has 1 aliphatic rings. The zero-order valence-corrected chi connectivity index (χ0v) is 18.2. The lowest BCUT2D eigenvalue weighted by Crippen LogP contribution is -2.17. The van der Waals surface area contributed by atoms with Crippen molar-refractivity contribution in [3.63, 3.8) is 0 Å². The number of carbonyl (C=O) groups excluding carboxylic acids is 2. The minimum Gasteiger partial charge on any atom is -0.459 e. The third kappa shape index (κ3) is 11.2. The molecule has 0 radical (unpaired) electrons. The first-order chi connectivity index (χ1) is 14.1. The molecule has 29 heavy (non-hydrogen) atoms. The third-order valence-corrected chi connectivity index (χ3v) is 3.93. The number of carbonyl (C=O) groups is 2. The summed E-state index contributed by atoms with van der Waals surface area (Å²) >= 11 is 0. The van der Waals surface area contributed by atoms with E-state index in [0.29, 0.717) is 12.2 Å². The molecule has 1 unspecified atom stereocenters. The molecule has 1 aliphatic heterocycles. The summed E-state index contributed by atoms with van der Waals surface area (Å²) in [6, 6.07) is 14.8. The first-order valence-corrected chi connectivity index (χ1v) is 9.90. The predicted molar refractivity (Wildman–Crippen MR) is 116 cm³/mol. The Morgan fingerprint density at radius 1 is 1.03 bits per heavy atom. The standard InChI is InChI=1S/C13H16O3.C8H8O.C2H6.CH4O/c1-10-4-6-11(7-5-10)13(14)16-9-12-3-2-8-15-12;1-7-2-4-8(6-9)5-3-7;2*1-2/h4-7,12H,2-3,8-9H2,1H3;2-6H,1H3;1-2H3;2H,1H3. The first kappa shape index (κ1) is 26.5. The SMILES string of the molecule is CC.CO.Cc1ccc(C(=O)OCC2CCCO2)cc1.Cc1ccc(C=O)cc1. The molecule has 5 nitrogen and oxygen atoms in total. The van der Waals surface area contributed by atoms with Gasteiger partial charge >= 0.3 is 5.97 Å². The largest absolute Gasteiger partial charge is 0.459 e. The van der Waals surface area contributed by atoms with Gasteiger partial charge < -0.3 is 14.6 Å². The van der Waals surface area contributed by atoms with Crippen molar-refractivity contribution in [2.45, 2.75) is 46.6 Å². The fraction of sp³-hybridized carbons (Fsp3) is 0.417. The van der Waals surface area contributed by atoms with Gasteiger partial charge in [-0.05, 0) is 38.8 Å². The molecule has 160 valence electrons. The van der Waals surface area contributed by atoms with Crippen molar-refractivity contribution in [3.8, 4) is 0 Å². The molecule has 1 fully saturated rings. The van der Waals surface area contributed by atoms with E-state index in [1.807, 2.05) is 64.1 Å². The topological polar surface area (TPSA) is 72.8 Å². The van der Waals surface area contributed by atoms with Gasteiger partial charge in [0.1, 0.15) is 12.9 Å². The Kier molecular flexibility index (Phi) is 15.0. The molecule has 0 saturated carbocycles. The van der Waals surface area contributed by atoms with Gasteiger partial charge in [0.05, 0.1) is 11.7 Å². The summed E-state index contributed by atoms with van der Waals surface area (Å²) in [6.07, 6.45) is 2.99. The van der Waals surface area contributed by atoms with Gasteiger partial charge in [0.15, 0.2) is 0 Å². The zero-order valence-electron chi connectivity index (χ0n) is 18.2. The van der Waals surface area contributed by atoms with Crippen LogP contribution >= 0.6 is 0 Å². The normalized spacial score (nSPS) is 14.1. The molecule has 1 atom stereocenters. The maximum absolute atomic E-state index is 11.6. The van der Waals surface area contributed by atoms with Gasteiger partial charge in [-0.1, -0.05) is 61.4 Å². The van der Waals surface area contributed by atoms with Gasteiger partial charge in [-0.2, -0.15) is 0 Å². The Balaban J connectivity index is 0.000000513. The maximum Gasteiger partial charge on any atom is 0.338 e. The second-order valence-electron chi connectivity index (χ2n) is 6.13. The quantitative estimate of drug-likeness (QED) is 0.589. The van der Waals surface area contributed by atoms with E-state index < -0.39 is 0 Å². The van der Waals surface area contributed by atoms with Crippen molar-refractivity contribution in [2.75, 3.05) is 20.3 Å². The lowest BCUT2D eigenvalue weighted by Gasteiger charge is -2.10. The van der Waals surface area contributed by atoms with E-state index in [1.54, 1.807) is 12.1 Å². The van der Waals surface area contributed by atoms with Crippen molar-refractivity contribution in [1.29, 1.82) is 0 Å². The molecular formula is C24H34O5. The average Bonchev–Trinajstić information content (AvgIpc) is 3.30. The number of rotatable bonds is 4. The number of ether oxygens (including phenoxy) is 2. The van der Waals surface area contributed by atoms with Crippen LogP contribution in [0, 0.1) is 13.8 Å². The van der Waals surface area contributed by atoms with Gasteiger partial charge in [-0.3, -0.25) is 4.79 Å². The van der Waals surface area contributed by atoms with Crippen molar-refractivity contribution < 1.29 is 24.2 Å². The monoisotopic (exact) mass is 402 g/mol. The van der Waals surface area contributed by atoms with Crippen molar-refractivity contribution in [2.24, 2.45) is 0 Å². The Hall–Kier alpha value is -2.50. The lowest BCUT2D eigenvalue weighted by atomic mass is 10.1. The van der Waals surface area contributed by atoms with Crippen LogP contribution in [0.15, 0.2) is 48.5 Å². The molecule has 0 aromatic heterocycles. The van der Waals surface area contributed by atoms with Crippen LogP contribution < -0.4 is 0 Å². The number of aliphatic hydroxyl groups is 1. The molecule has 2 aromatic rings. The average molecular weight is 403 g/mol. The summed E-state index contributed by atoms with van der Waals surface area (Å²) in [5, 5.41) is 7.00. The van der Waals surface area contributed by atoms with Crippen molar-refractivity contribution >= 4 is 12.3 Å². The Morgan fingerprint density at radius 2 is 1.55 bits per heavy atom. The van der Waals surface area contributed by atoms with Crippen molar-refractivity contribution in [3.05, 3.63) is 70.8 Å². The molecule has 1 saturated heterocycles. The molecule has 0 spiro atoms. The highest BCUT2D eigenvalue weighted by Crippen LogP contribution is 2.13. The number of aryl methyl sites for hydroxylation is 2. The van der Waals surface area contributed by atoms with Gasteiger partial charge in [-0.15, -0.1) is 0 Å². The van der Waals surface area contributed by atoms with E-state index in [9.17, 15) is 9.59 Å². The van der Waals surface area contributed by atoms with Crippen molar-refractivity contribution in [1.82, 2.24) is 0 Å². The van der Waals surface area contributed by atoms with Crippen LogP contribution in [0.25, 0.3) is 0 Å². The highest BCUT2D eigenvalue weighted by atomic mass is 16.6. The van der Waals surface area contributed by atoms with Gasteiger partial charge in [0.2, 0.25) is 0 Å². The molecule has 1 N–H and O–H groups in total. The van der Waals surface area contributed by atoms with E-state index in [1.165, 1.54) is 5.56 Å². The van der Waals surface area contributed by atoms with E-state index in [2.05, 4.69) is 0 Å². The smallest absolute Gasteiger partial charge is 0.338 e. The maximum atomic E-state index is 11.6. The van der Waals surface area contributed by atoms with Gasteiger partial charge in [0, 0.05) is 19.3 Å². The predicted octanol–water partition coefficient (Wildman–Crippen LogP) is 4.77. The Bertz CT molecular complexity index is 671. The fourth-order valence-electron chi connectivity index (χ4n) is 2.36. The highest BCUT2D eigenvalue weighted by Gasteiger charge is 2.17. The second-order valence-corrected chi connectivity index (χ2v) is 6.13. The van der Waals surface area contributed by atoms with E-state index in [0.717, 1.165) is 44.0 Å². The van der Waals surface area contributed by atoms with Crippen LogP contribution in [-0.2, 0) is 9.47 Å². The summed E-state index contributed by atoms with van der Waals surface area (Å²) in [5.74, 6) is -0.268. The summed E-state index contributed by atoms with van der Waals surface area (Å²) in [4.78, 5) is 21.8. The molecule has 3 rings (SSSR count). The Morgan fingerprint density at radius 3 is 2.00 bits per heavy atom. The molecule has 1 heterocycles. The van der Waals surface area contributed by atoms with E-state index >= 15 is 0 Å². The number of aldehydes is 1.